The fourth-order valence-corrected chi connectivity index (χ4v) is 5.62. The summed E-state index contributed by atoms with van der Waals surface area (Å²) in [4.78, 5) is 7.93. The second-order valence-electron chi connectivity index (χ2n) is 11.3. The fourth-order valence-electron chi connectivity index (χ4n) is 5.62. The lowest BCUT2D eigenvalue weighted by atomic mass is 9.75. The summed E-state index contributed by atoms with van der Waals surface area (Å²) in [5, 5.41) is 12.4. The molecule has 2 aliphatic rings. The molecule has 0 unspecified atom stereocenters. The van der Waals surface area contributed by atoms with Crippen molar-refractivity contribution in [1.29, 1.82) is 0 Å². The molecule has 3 aromatic carbocycles. The molecule has 0 amide bonds. The molecule has 2 heterocycles. The Morgan fingerprint density at radius 2 is 1.67 bits per heavy atom. The van der Waals surface area contributed by atoms with Crippen molar-refractivity contribution >= 4 is 28.8 Å². The summed E-state index contributed by atoms with van der Waals surface area (Å²) in [5.41, 5.74) is -0.997. The van der Waals surface area contributed by atoms with Crippen molar-refractivity contribution in [2.45, 2.75) is 37.7 Å². The van der Waals surface area contributed by atoms with Gasteiger partial charge >= 0.3 is 12.4 Å². The SMILES string of the molecule is C=C(O)c1cc(C)ccc1N[C@@H](c1cc(C(F)(F)F)cc2c1N=C(N1CC(C)(c3ccccc3)C1)N(C)C2=C)C(F)(F)F. The van der Waals surface area contributed by atoms with Gasteiger partial charge in [0.05, 0.1) is 11.3 Å². The fraction of sp³-hybridized carbons (Fsp3) is 0.281. The molecular weight excluding hydrogens is 570 g/mol. The summed E-state index contributed by atoms with van der Waals surface area (Å²) in [6.45, 7) is 12.1. The Balaban J connectivity index is 1.65. The molecular formula is C32H30F6N4O. The van der Waals surface area contributed by atoms with Crippen LogP contribution in [0.2, 0.25) is 0 Å². The molecule has 11 heteroatoms. The highest BCUT2D eigenvalue weighted by Crippen LogP contribution is 2.48. The second-order valence-corrected chi connectivity index (χ2v) is 11.3. The zero-order valence-corrected chi connectivity index (χ0v) is 23.7. The van der Waals surface area contributed by atoms with E-state index in [-0.39, 0.29) is 39.6 Å². The zero-order valence-electron chi connectivity index (χ0n) is 23.7. The number of aliphatic imine (C=N–C) groups is 1. The number of halogens is 6. The highest BCUT2D eigenvalue weighted by Gasteiger charge is 2.47. The molecule has 0 aliphatic carbocycles. The normalized spacial score (nSPS) is 17.1. The maximum Gasteiger partial charge on any atom is 0.416 e. The molecule has 0 radical (unpaired) electrons. The number of fused-ring (bicyclic) bond motifs is 1. The number of alkyl halides is 6. The van der Waals surface area contributed by atoms with Crippen molar-refractivity contribution in [1.82, 2.24) is 9.80 Å². The number of nitrogens with zero attached hydrogens (tertiary/aromatic N) is 3. The number of hydrogen-bond donors (Lipinski definition) is 2. The van der Waals surface area contributed by atoms with Crippen LogP contribution in [-0.2, 0) is 11.6 Å². The van der Waals surface area contributed by atoms with Crippen LogP contribution in [-0.4, -0.2) is 47.2 Å². The van der Waals surface area contributed by atoms with Crippen LogP contribution in [0.25, 0.3) is 11.5 Å². The van der Waals surface area contributed by atoms with E-state index in [9.17, 15) is 31.4 Å². The van der Waals surface area contributed by atoms with E-state index >= 15 is 0 Å². The number of aliphatic hydroxyl groups excluding tert-OH is 1. The number of aliphatic hydroxyl groups is 1. The van der Waals surface area contributed by atoms with Gasteiger partial charge in [0, 0.05) is 53.6 Å². The molecule has 5 nitrogen and oxygen atoms in total. The smallest absolute Gasteiger partial charge is 0.416 e. The summed E-state index contributed by atoms with van der Waals surface area (Å²) in [5.74, 6) is -0.208. The molecule has 0 saturated carbocycles. The first-order valence-corrected chi connectivity index (χ1v) is 13.4. The van der Waals surface area contributed by atoms with E-state index in [1.807, 2.05) is 35.2 Å². The third-order valence-electron chi connectivity index (χ3n) is 7.95. The van der Waals surface area contributed by atoms with E-state index in [1.54, 1.807) is 14.0 Å². The monoisotopic (exact) mass is 600 g/mol. The Morgan fingerprint density at radius 3 is 2.26 bits per heavy atom. The average Bonchev–Trinajstić information content (AvgIpc) is 2.91. The minimum Gasteiger partial charge on any atom is -0.508 e. The molecule has 0 spiro atoms. The quantitative estimate of drug-likeness (QED) is 0.228. The summed E-state index contributed by atoms with van der Waals surface area (Å²) in [6.07, 6.45) is -9.99. The molecule has 43 heavy (non-hydrogen) atoms. The van der Waals surface area contributed by atoms with E-state index in [1.165, 1.54) is 23.1 Å². The van der Waals surface area contributed by atoms with Gasteiger partial charge in [-0.25, -0.2) is 4.99 Å². The Kier molecular flexibility index (Phi) is 7.27. The first-order chi connectivity index (χ1) is 20.0. The molecule has 5 rings (SSSR count). The first-order valence-electron chi connectivity index (χ1n) is 13.4. The molecule has 226 valence electrons. The number of rotatable bonds is 5. The highest BCUT2D eigenvalue weighted by molar-refractivity contribution is 5.98. The Morgan fingerprint density at radius 1 is 1.02 bits per heavy atom. The molecule has 0 bridgehead atoms. The molecule has 2 aliphatic heterocycles. The van der Waals surface area contributed by atoms with Gasteiger partial charge in [0.1, 0.15) is 5.76 Å². The van der Waals surface area contributed by atoms with E-state index in [4.69, 9.17) is 0 Å². The van der Waals surface area contributed by atoms with Crippen LogP contribution in [0.15, 0.2) is 78.8 Å². The van der Waals surface area contributed by atoms with Crippen LogP contribution in [0.4, 0.5) is 37.7 Å². The first kappa shape index (κ1) is 30.1. The zero-order chi connectivity index (χ0) is 31.5. The summed E-state index contributed by atoms with van der Waals surface area (Å²) in [6, 6.07) is 12.7. The van der Waals surface area contributed by atoms with Gasteiger partial charge in [-0.15, -0.1) is 0 Å². The summed E-state index contributed by atoms with van der Waals surface area (Å²) >= 11 is 0. The van der Waals surface area contributed by atoms with Crippen LogP contribution >= 0.6 is 0 Å². The Hall–Kier alpha value is -4.41. The number of benzene rings is 3. The predicted octanol–water partition coefficient (Wildman–Crippen LogP) is 8.44. The maximum atomic E-state index is 14.8. The van der Waals surface area contributed by atoms with Gasteiger partial charge in [-0.1, -0.05) is 62.0 Å². The topological polar surface area (TPSA) is 51.1 Å². The van der Waals surface area contributed by atoms with Gasteiger partial charge in [0.25, 0.3) is 0 Å². The van der Waals surface area contributed by atoms with Crippen LogP contribution in [0.3, 0.4) is 0 Å². The van der Waals surface area contributed by atoms with Gasteiger partial charge in [0.15, 0.2) is 6.04 Å². The van der Waals surface area contributed by atoms with Gasteiger partial charge in [-0.3, -0.25) is 0 Å². The molecule has 1 atom stereocenters. The number of hydrogen-bond acceptors (Lipinski definition) is 5. The third kappa shape index (κ3) is 5.55. The van der Waals surface area contributed by atoms with Crippen molar-refractivity contribution < 1.29 is 31.4 Å². The number of aryl methyl sites for hydroxylation is 1. The predicted molar refractivity (Wildman–Crippen MR) is 156 cm³/mol. The van der Waals surface area contributed by atoms with E-state index in [0.29, 0.717) is 24.7 Å². The van der Waals surface area contributed by atoms with Crippen molar-refractivity contribution in [2.75, 3.05) is 25.5 Å². The lowest BCUT2D eigenvalue weighted by Gasteiger charge is -2.52. The lowest BCUT2D eigenvalue weighted by molar-refractivity contribution is -0.145. The van der Waals surface area contributed by atoms with Crippen LogP contribution in [0.5, 0.6) is 0 Å². The minimum atomic E-state index is -5.06. The molecule has 1 fully saturated rings. The summed E-state index contributed by atoms with van der Waals surface area (Å²) < 4.78 is 86.5. The number of guanidine groups is 1. The van der Waals surface area contributed by atoms with Crippen LogP contribution in [0, 0.1) is 6.92 Å². The van der Waals surface area contributed by atoms with Crippen LogP contribution in [0.1, 0.15) is 46.3 Å². The van der Waals surface area contributed by atoms with Gasteiger partial charge in [0.2, 0.25) is 5.96 Å². The van der Waals surface area contributed by atoms with Crippen molar-refractivity contribution in [3.8, 4) is 0 Å². The molecule has 2 N–H and O–H groups in total. The van der Waals surface area contributed by atoms with E-state index < -0.39 is 35.3 Å². The standard InChI is InChI=1S/C32H30F6N4O/c1-18-11-12-26(24(13-18)20(3)43)39-28(32(36,37)38)25-15-22(31(33,34)35)14-23-19(2)41(5)29(40-27(23)25)42-16-30(4,17-42)21-9-7-6-8-10-21/h6-15,28,39,43H,2-3,16-17H2,1,4-5H3/t28-/m0/s1. The summed E-state index contributed by atoms with van der Waals surface area (Å²) in [7, 11) is 1.58. The maximum absolute atomic E-state index is 14.8. The number of likely N-dealkylation sites (tertiary alicyclic amines) is 1. The van der Waals surface area contributed by atoms with Crippen molar-refractivity contribution in [3.05, 3.63) is 107 Å². The van der Waals surface area contributed by atoms with Gasteiger partial charge in [-0.05, 0) is 36.8 Å². The van der Waals surface area contributed by atoms with Crippen LogP contribution < -0.4 is 5.32 Å². The highest BCUT2D eigenvalue weighted by atomic mass is 19.4. The minimum absolute atomic E-state index is 0.01000. The lowest BCUT2D eigenvalue weighted by Crippen LogP contribution is -2.62. The number of nitrogens with one attached hydrogen (secondary N) is 1. The molecule has 0 aromatic heterocycles. The number of anilines is 1. The second kappa shape index (κ2) is 10.4. The Bertz CT molecular complexity index is 1620. The van der Waals surface area contributed by atoms with E-state index in [2.05, 4.69) is 30.4 Å². The van der Waals surface area contributed by atoms with Gasteiger partial charge in [-0.2, -0.15) is 26.3 Å². The van der Waals surface area contributed by atoms with E-state index in [0.717, 1.165) is 11.6 Å². The average molecular weight is 601 g/mol. The third-order valence-corrected chi connectivity index (χ3v) is 7.95. The van der Waals surface area contributed by atoms with Crippen molar-refractivity contribution in [2.24, 2.45) is 4.99 Å². The molecule has 3 aromatic rings. The Labute approximate surface area is 245 Å². The largest absolute Gasteiger partial charge is 0.508 e. The van der Waals surface area contributed by atoms with Crippen molar-refractivity contribution in [3.63, 3.8) is 0 Å². The molecule has 1 saturated heterocycles. The van der Waals surface area contributed by atoms with Gasteiger partial charge < -0.3 is 20.2 Å².